The first-order valence-corrected chi connectivity index (χ1v) is 10.7. The summed E-state index contributed by atoms with van der Waals surface area (Å²) in [4.78, 5) is 24.2. The molecule has 31 heavy (non-hydrogen) atoms. The number of aryl methyl sites for hydroxylation is 1. The standard InChI is InChI=1S/C19H20F2N6O3S/c1-12-13(2)27(11-26-12)17-9-16(24-10-25-17)22-7-8-23-18(28)14-5-3-4-6-15(14)31(29,30)19(20)21/h3-6,9-11,19H,7-8H2,1-2H3,(H,23,28)(H,22,24,25). The highest BCUT2D eigenvalue weighted by molar-refractivity contribution is 7.91. The second kappa shape index (κ2) is 9.16. The van der Waals surface area contributed by atoms with Crippen LogP contribution in [0.3, 0.4) is 0 Å². The molecule has 1 aromatic carbocycles. The van der Waals surface area contributed by atoms with E-state index in [1.54, 1.807) is 12.4 Å². The van der Waals surface area contributed by atoms with Gasteiger partial charge in [0.1, 0.15) is 24.3 Å². The Bertz CT molecular complexity index is 1200. The average Bonchev–Trinajstić information content (AvgIpc) is 3.09. The first-order chi connectivity index (χ1) is 14.7. The van der Waals surface area contributed by atoms with Crippen LogP contribution in [0.2, 0.25) is 0 Å². The first-order valence-electron chi connectivity index (χ1n) is 9.18. The number of nitrogens with one attached hydrogen (secondary N) is 2. The minimum Gasteiger partial charge on any atom is -0.368 e. The minimum atomic E-state index is -4.89. The van der Waals surface area contributed by atoms with Gasteiger partial charge in [-0.3, -0.25) is 9.36 Å². The van der Waals surface area contributed by atoms with Crippen molar-refractivity contribution < 1.29 is 22.0 Å². The van der Waals surface area contributed by atoms with Gasteiger partial charge in [0.05, 0.1) is 16.2 Å². The summed E-state index contributed by atoms with van der Waals surface area (Å²) in [7, 11) is -4.89. The third kappa shape index (κ3) is 4.85. The molecule has 2 aromatic heterocycles. The Morgan fingerprint density at radius 1 is 1.13 bits per heavy atom. The lowest BCUT2D eigenvalue weighted by molar-refractivity contribution is 0.0951. The van der Waals surface area contributed by atoms with Crippen LogP contribution < -0.4 is 10.6 Å². The molecule has 12 heteroatoms. The molecule has 3 aromatic rings. The second-order valence-corrected chi connectivity index (χ2v) is 8.42. The van der Waals surface area contributed by atoms with E-state index >= 15 is 0 Å². The van der Waals surface area contributed by atoms with Gasteiger partial charge in [0.15, 0.2) is 0 Å². The molecule has 3 rings (SSSR count). The Hall–Kier alpha value is -3.41. The Balaban J connectivity index is 1.62. The number of aromatic nitrogens is 4. The van der Waals surface area contributed by atoms with Crippen LogP contribution in [-0.4, -0.2) is 52.7 Å². The molecule has 9 nitrogen and oxygen atoms in total. The summed E-state index contributed by atoms with van der Waals surface area (Å²) in [5.41, 5.74) is 1.48. The number of sulfone groups is 1. The lowest BCUT2D eigenvalue weighted by atomic mass is 10.2. The third-order valence-electron chi connectivity index (χ3n) is 4.54. The molecule has 0 aliphatic carbocycles. The SMILES string of the molecule is Cc1ncn(-c2cc(NCCNC(=O)c3ccccc3S(=O)(=O)C(F)F)ncn2)c1C. The number of carbonyl (C=O) groups excluding carboxylic acids is 1. The summed E-state index contributed by atoms with van der Waals surface area (Å²) < 4.78 is 51.1. The van der Waals surface area contributed by atoms with Crippen molar-refractivity contribution in [2.75, 3.05) is 18.4 Å². The molecule has 0 fully saturated rings. The minimum absolute atomic E-state index is 0.102. The van der Waals surface area contributed by atoms with E-state index in [9.17, 15) is 22.0 Å². The van der Waals surface area contributed by atoms with Gasteiger partial charge in [-0.25, -0.2) is 23.4 Å². The highest BCUT2D eigenvalue weighted by Gasteiger charge is 2.30. The molecular weight excluding hydrogens is 430 g/mol. The monoisotopic (exact) mass is 450 g/mol. The fourth-order valence-corrected chi connectivity index (χ4v) is 3.69. The molecule has 0 aliphatic rings. The van der Waals surface area contributed by atoms with Crippen LogP contribution in [0.15, 0.2) is 47.9 Å². The molecule has 0 spiro atoms. The summed E-state index contributed by atoms with van der Waals surface area (Å²) in [6.45, 7) is 4.16. The quantitative estimate of drug-likeness (QED) is 0.505. The zero-order chi connectivity index (χ0) is 22.6. The maximum atomic E-state index is 12.9. The van der Waals surface area contributed by atoms with Gasteiger partial charge in [-0.05, 0) is 26.0 Å². The summed E-state index contributed by atoms with van der Waals surface area (Å²) in [5.74, 6) is -3.26. The Morgan fingerprint density at radius 3 is 2.55 bits per heavy atom. The van der Waals surface area contributed by atoms with E-state index in [0.29, 0.717) is 11.6 Å². The Labute approximate surface area is 177 Å². The second-order valence-electron chi connectivity index (χ2n) is 6.53. The number of nitrogens with zero attached hydrogens (tertiary/aromatic N) is 4. The molecule has 0 radical (unpaired) electrons. The van der Waals surface area contributed by atoms with Crippen LogP contribution in [0, 0.1) is 13.8 Å². The molecule has 0 saturated carbocycles. The molecular formula is C19H20F2N6O3S. The predicted octanol–water partition coefficient (Wildman–Crippen LogP) is 2.12. The Morgan fingerprint density at radius 2 is 1.87 bits per heavy atom. The molecule has 0 aliphatic heterocycles. The van der Waals surface area contributed by atoms with E-state index in [1.165, 1.54) is 24.5 Å². The molecule has 0 atom stereocenters. The van der Waals surface area contributed by atoms with E-state index in [-0.39, 0.29) is 18.7 Å². The van der Waals surface area contributed by atoms with Crippen LogP contribution in [0.1, 0.15) is 21.7 Å². The van der Waals surface area contributed by atoms with E-state index in [4.69, 9.17) is 0 Å². The van der Waals surface area contributed by atoms with Crippen LogP contribution in [0.25, 0.3) is 5.82 Å². The normalized spacial score (nSPS) is 11.5. The van der Waals surface area contributed by atoms with Crippen molar-refractivity contribution in [1.29, 1.82) is 0 Å². The summed E-state index contributed by atoms with van der Waals surface area (Å²) >= 11 is 0. The molecule has 164 valence electrons. The first kappa shape index (κ1) is 22.3. The Kier molecular flexibility index (Phi) is 6.59. The molecule has 0 unspecified atom stereocenters. The number of hydrogen-bond donors (Lipinski definition) is 2. The lowest BCUT2D eigenvalue weighted by Crippen LogP contribution is -2.30. The maximum absolute atomic E-state index is 12.9. The van der Waals surface area contributed by atoms with Gasteiger partial charge in [0, 0.05) is 24.8 Å². The largest absolute Gasteiger partial charge is 0.368 e. The number of carbonyl (C=O) groups is 1. The highest BCUT2D eigenvalue weighted by atomic mass is 32.2. The van der Waals surface area contributed by atoms with Gasteiger partial charge in [-0.1, -0.05) is 12.1 Å². The van der Waals surface area contributed by atoms with Crippen molar-refractivity contribution >= 4 is 21.6 Å². The van der Waals surface area contributed by atoms with Crippen LogP contribution >= 0.6 is 0 Å². The van der Waals surface area contributed by atoms with Crippen molar-refractivity contribution in [3.8, 4) is 5.82 Å². The lowest BCUT2D eigenvalue weighted by Gasteiger charge is -2.11. The molecule has 2 N–H and O–H groups in total. The molecule has 0 bridgehead atoms. The van der Waals surface area contributed by atoms with Crippen molar-refractivity contribution in [1.82, 2.24) is 24.8 Å². The molecule has 0 saturated heterocycles. The number of benzene rings is 1. The number of amides is 1. The highest BCUT2D eigenvalue weighted by Crippen LogP contribution is 2.22. The van der Waals surface area contributed by atoms with Crippen molar-refractivity contribution in [2.45, 2.75) is 24.5 Å². The summed E-state index contributed by atoms with van der Waals surface area (Å²) in [6, 6.07) is 6.56. The van der Waals surface area contributed by atoms with Gasteiger partial charge < -0.3 is 10.6 Å². The van der Waals surface area contributed by atoms with E-state index < -0.39 is 26.4 Å². The van der Waals surface area contributed by atoms with E-state index in [1.807, 2.05) is 18.4 Å². The molecule has 1 amide bonds. The predicted molar refractivity (Wildman–Crippen MR) is 109 cm³/mol. The van der Waals surface area contributed by atoms with Gasteiger partial charge in [0.2, 0.25) is 9.84 Å². The number of imidazole rings is 1. The van der Waals surface area contributed by atoms with Crippen molar-refractivity contribution in [3.63, 3.8) is 0 Å². The maximum Gasteiger partial charge on any atom is 0.341 e. The van der Waals surface area contributed by atoms with E-state index in [2.05, 4.69) is 25.6 Å². The van der Waals surface area contributed by atoms with Gasteiger partial charge in [-0.2, -0.15) is 8.78 Å². The van der Waals surface area contributed by atoms with Crippen LogP contribution in [0.4, 0.5) is 14.6 Å². The zero-order valence-electron chi connectivity index (χ0n) is 16.7. The fourth-order valence-electron chi connectivity index (χ4n) is 2.77. The summed E-state index contributed by atoms with van der Waals surface area (Å²) in [5, 5.41) is 5.52. The van der Waals surface area contributed by atoms with Gasteiger partial charge >= 0.3 is 5.76 Å². The van der Waals surface area contributed by atoms with Crippen molar-refractivity contribution in [2.24, 2.45) is 0 Å². The number of halogens is 2. The number of hydrogen-bond acceptors (Lipinski definition) is 7. The van der Waals surface area contributed by atoms with Crippen LogP contribution in [-0.2, 0) is 9.84 Å². The summed E-state index contributed by atoms with van der Waals surface area (Å²) in [6.07, 6.45) is 3.04. The topological polar surface area (TPSA) is 119 Å². The fraction of sp³-hybridized carbons (Fsp3) is 0.263. The smallest absolute Gasteiger partial charge is 0.341 e. The number of anilines is 1. The number of rotatable bonds is 8. The van der Waals surface area contributed by atoms with Crippen LogP contribution in [0.5, 0.6) is 0 Å². The van der Waals surface area contributed by atoms with Crippen molar-refractivity contribution in [3.05, 3.63) is 59.9 Å². The van der Waals surface area contributed by atoms with Gasteiger partial charge in [0.25, 0.3) is 5.91 Å². The van der Waals surface area contributed by atoms with E-state index in [0.717, 1.165) is 17.5 Å². The average molecular weight is 450 g/mol. The molecule has 2 heterocycles. The van der Waals surface area contributed by atoms with Gasteiger partial charge in [-0.15, -0.1) is 0 Å². The zero-order valence-corrected chi connectivity index (χ0v) is 17.5. The third-order valence-corrected chi connectivity index (χ3v) is 5.98. The number of alkyl halides is 2.